The Morgan fingerprint density at radius 3 is 2.50 bits per heavy atom. The molecule has 1 aliphatic carbocycles. The van der Waals surface area contributed by atoms with Crippen LogP contribution in [0.5, 0.6) is 0 Å². The summed E-state index contributed by atoms with van der Waals surface area (Å²) in [6.45, 7) is 5.67. The van der Waals surface area contributed by atoms with Crippen LogP contribution < -0.4 is 11.3 Å². The molecule has 0 aromatic rings. The van der Waals surface area contributed by atoms with Gasteiger partial charge >= 0.3 is 0 Å². The highest BCUT2D eigenvalue weighted by Gasteiger charge is 2.29. The molecule has 3 N–H and O–H groups in total. The molecule has 1 aliphatic heterocycles. The zero-order valence-corrected chi connectivity index (χ0v) is 11.9. The van der Waals surface area contributed by atoms with Crippen molar-refractivity contribution in [3.63, 3.8) is 0 Å². The van der Waals surface area contributed by atoms with Crippen LogP contribution in [0.15, 0.2) is 4.99 Å². The maximum Gasteiger partial charge on any atom is 0.208 e. The monoisotopic (exact) mass is 252 g/mol. The van der Waals surface area contributed by atoms with E-state index in [1.807, 2.05) is 0 Å². The lowest BCUT2D eigenvalue weighted by molar-refractivity contribution is 0.297. The lowest BCUT2D eigenvalue weighted by Gasteiger charge is -2.31. The van der Waals surface area contributed by atoms with E-state index in [2.05, 4.69) is 24.2 Å². The zero-order chi connectivity index (χ0) is 13.0. The molecule has 4 heteroatoms. The van der Waals surface area contributed by atoms with E-state index in [4.69, 9.17) is 10.8 Å². The summed E-state index contributed by atoms with van der Waals surface area (Å²) in [5, 5.41) is 0. The van der Waals surface area contributed by atoms with Gasteiger partial charge in [0.15, 0.2) is 0 Å². The second-order valence-corrected chi connectivity index (χ2v) is 6.04. The number of nitrogens with two attached hydrogens (primary N) is 1. The first-order valence-electron chi connectivity index (χ1n) is 7.53. The molecule has 1 heterocycles. The maximum atomic E-state index is 5.71. The number of aliphatic imine (C=N–C) groups is 1. The fourth-order valence-corrected chi connectivity index (χ4v) is 3.33. The molecule has 4 nitrogen and oxygen atoms in total. The molecular formula is C14H28N4. The van der Waals surface area contributed by atoms with E-state index in [-0.39, 0.29) is 0 Å². The molecule has 0 aromatic heterocycles. The molecule has 18 heavy (non-hydrogen) atoms. The van der Waals surface area contributed by atoms with Crippen molar-refractivity contribution in [3.8, 4) is 0 Å². The average molecular weight is 252 g/mol. The fourth-order valence-electron chi connectivity index (χ4n) is 3.33. The summed E-state index contributed by atoms with van der Waals surface area (Å²) >= 11 is 0. The van der Waals surface area contributed by atoms with Crippen LogP contribution in [0.4, 0.5) is 0 Å². The van der Waals surface area contributed by atoms with Gasteiger partial charge in [0.2, 0.25) is 5.96 Å². The number of hydrogen-bond donors (Lipinski definition) is 2. The molecule has 0 amide bonds. The molecule has 0 spiro atoms. The number of nitrogens with zero attached hydrogens (tertiary/aromatic N) is 2. The minimum atomic E-state index is 0.484. The number of likely N-dealkylation sites (tertiary alicyclic amines) is 1. The standard InChI is InChI=1S/C14H28N4/c1-11(2)13-9-6-10-18(13)14(17-15)16-12-7-4-3-5-8-12/h11-13H,3-10,15H2,1-2H3,(H,16,17). The topological polar surface area (TPSA) is 53.6 Å². The average Bonchev–Trinajstić information content (AvgIpc) is 2.86. The van der Waals surface area contributed by atoms with Crippen molar-refractivity contribution in [1.29, 1.82) is 0 Å². The van der Waals surface area contributed by atoms with E-state index < -0.39 is 0 Å². The van der Waals surface area contributed by atoms with Crippen molar-refractivity contribution in [2.75, 3.05) is 6.54 Å². The number of rotatable bonds is 2. The van der Waals surface area contributed by atoms with E-state index in [9.17, 15) is 0 Å². The van der Waals surface area contributed by atoms with Gasteiger partial charge in [-0.05, 0) is 31.6 Å². The second kappa shape index (κ2) is 6.41. The van der Waals surface area contributed by atoms with E-state index in [0.717, 1.165) is 12.5 Å². The van der Waals surface area contributed by atoms with Crippen LogP contribution in [0, 0.1) is 5.92 Å². The van der Waals surface area contributed by atoms with Gasteiger partial charge in [0, 0.05) is 12.6 Å². The van der Waals surface area contributed by atoms with Crippen molar-refractivity contribution in [2.24, 2.45) is 16.8 Å². The summed E-state index contributed by atoms with van der Waals surface area (Å²) in [6.07, 6.45) is 8.99. The summed E-state index contributed by atoms with van der Waals surface area (Å²) < 4.78 is 0. The molecule has 104 valence electrons. The molecule has 1 unspecified atom stereocenters. The number of hydrazine groups is 1. The van der Waals surface area contributed by atoms with Gasteiger partial charge in [-0.2, -0.15) is 0 Å². The van der Waals surface area contributed by atoms with Crippen LogP contribution >= 0.6 is 0 Å². The molecule has 0 bridgehead atoms. The van der Waals surface area contributed by atoms with Gasteiger partial charge in [0.1, 0.15) is 0 Å². The Morgan fingerprint density at radius 1 is 1.17 bits per heavy atom. The van der Waals surface area contributed by atoms with E-state index in [0.29, 0.717) is 18.0 Å². The van der Waals surface area contributed by atoms with E-state index in [1.54, 1.807) is 0 Å². The fraction of sp³-hybridized carbons (Fsp3) is 0.929. The number of nitrogens with one attached hydrogen (secondary N) is 1. The summed E-state index contributed by atoms with van der Waals surface area (Å²) in [5.74, 6) is 7.30. The van der Waals surface area contributed by atoms with Crippen molar-refractivity contribution in [3.05, 3.63) is 0 Å². The molecule has 0 aromatic carbocycles. The van der Waals surface area contributed by atoms with E-state index in [1.165, 1.54) is 44.9 Å². The Labute approximate surface area is 111 Å². The molecule has 1 saturated heterocycles. The molecule has 2 fully saturated rings. The first-order chi connectivity index (χ1) is 8.72. The molecule has 2 aliphatic rings. The minimum absolute atomic E-state index is 0.484. The smallest absolute Gasteiger partial charge is 0.208 e. The lowest BCUT2D eigenvalue weighted by atomic mass is 9.96. The molecular weight excluding hydrogens is 224 g/mol. The minimum Gasteiger partial charge on any atom is -0.339 e. The number of hydrogen-bond acceptors (Lipinski definition) is 2. The third-order valence-electron chi connectivity index (χ3n) is 4.35. The van der Waals surface area contributed by atoms with Crippen molar-refractivity contribution in [1.82, 2.24) is 10.3 Å². The highest BCUT2D eigenvalue weighted by Crippen LogP contribution is 2.25. The Bertz CT molecular complexity index is 282. The SMILES string of the molecule is CC(C)C1CCCN1C(=NC1CCCCC1)NN. The Balaban J connectivity index is 2.04. The third-order valence-corrected chi connectivity index (χ3v) is 4.35. The first kappa shape index (κ1) is 13.7. The van der Waals surface area contributed by atoms with Gasteiger partial charge in [-0.1, -0.05) is 33.1 Å². The summed E-state index contributed by atoms with van der Waals surface area (Å²) in [6, 6.07) is 1.08. The van der Waals surface area contributed by atoms with Gasteiger partial charge in [0.05, 0.1) is 6.04 Å². The predicted molar refractivity (Wildman–Crippen MR) is 76.2 cm³/mol. The zero-order valence-electron chi connectivity index (χ0n) is 11.9. The van der Waals surface area contributed by atoms with Crippen molar-refractivity contribution in [2.45, 2.75) is 70.9 Å². The molecule has 1 atom stereocenters. The van der Waals surface area contributed by atoms with Crippen LogP contribution in [-0.2, 0) is 0 Å². The summed E-state index contributed by atoms with van der Waals surface area (Å²) in [7, 11) is 0. The van der Waals surface area contributed by atoms with Gasteiger partial charge < -0.3 is 4.90 Å². The van der Waals surface area contributed by atoms with Crippen LogP contribution in [0.2, 0.25) is 0 Å². The quantitative estimate of drug-likeness (QED) is 0.343. The predicted octanol–water partition coefficient (Wildman–Crippen LogP) is 2.26. The largest absolute Gasteiger partial charge is 0.339 e. The molecule has 2 rings (SSSR count). The van der Waals surface area contributed by atoms with Gasteiger partial charge in [0.25, 0.3) is 0 Å². The second-order valence-electron chi connectivity index (χ2n) is 6.04. The maximum absolute atomic E-state index is 5.71. The van der Waals surface area contributed by atoms with Gasteiger partial charge in [-0.15, -0.1) is 0 Å². The summed E-state index contributed by atoms with van der Waals surface area (Å²) in [5.41, 5.74) is 2.85. The van der Waals surface area contributed by atoms with Crippen LogP contribution in [0.1, 0.15) is 58.8 Å². The first-order valence-corrected chi connectivity index (χ1v) is 7.53. The normalized spacial score (nSPS) is 27.0. The summed E-state index contributed by atoms with van der Waals surface area (Å²) in [4.78, 5) is 7.26. The number of guanidine groups is 1. The third kappa shape index (κ3) is 3.16. The highest BCUT2D eigenvalue weighted by atomic mass is 15.4. The van der Waals surface area contributed by atoms with E-state index >= 15 is 0 Å². The lowest BCUT2D eigenvalue weighted by Crippen LogP contribution is -2.49. The molecule has 1 saturated carbocycles. The molecule has 0 radical (unpaired) electrons. The van der Waals surface area contributed by atoms with Gasteiger partial charge in [-0.3, -0.25) is 5.43 Å². The Kier molecular flexibility index (Phi) is 4.87. The Morgan fingerprint density at radius 2 is 1.89 bits per heavy atom. The van der Waals surface area contributed by atoms with Crippen molar-refractivity contribution < 1.29 is 0 Å². The van der Waals surface area contributed by atoms with Crippen molar-refractivity contribution >= 4 is 5.96 Å². The van der Waals surface area contributed by atoms with Crippen LogP contribution in [-0.4, -0.2) is 29.5 Å². The van der Waals surface area contributed by atoms with Crippen LogP contribution in [0.25, 0.3) is 0 Å². The van der Waals surface area contributed by atoms with Gasteiger partial charge in [-0.25, -0.2) is 10.8 Å². The Hall–Kier alpha value is -0.770. The van der Waals surface area contributed by atoms with Crippen LogP contribution in [0.3, 0.4) is 0 Å². The highest BCUT2D eigenvalue weighted by molar-refractivity contribution is 5.80.